The Morgan fingerprint density at radius 1 is 1.18 bits per heavy atom. The van der Waals surface area contributed by atoms with Gasteiger partial charge in [-0.05, 0) is 37.0 Å². The van der Waals surface area contributed by atoms with Gasteiger partial charge < -0.3 is 20.5 Å². The van der Waals surface area contributed by atoms with Crippen molar-refractivity contribution in [3.63, 3.8) is 0 Å². The molecule has 0 aliphatic heterocycles. The SMILES string of the molecule is CC(C)Oc1ccc(CNC(=O)NCC(O)C(C)(C)C)cc1. The van der Waals surface area contributed by atoms with Crippen molar-refractivity contribution >= 4 is 6.03 Å². The van der Waals surface area contributed by atoms with E-state index < -0.39 is 6.10 Å². The van der Waals surface area contributed by atoms with Crippen LogP contribution in [0.2, 0.25) is 0 Å². The quantitative estimate of drug-likeness (QED) is 0.756. The van der Waals surface area contributed by atoms with E-state index in [1.807, 2.05) is 58.9 Å². The van der Waals surface area contributed by atoms with Crippen molar-refractivity contribution in [1.29, 1.82) is 0 Å². The Morgan fingerprint density at radius 3 is 2.27 bits per heavy atom. The van der Waals surface area contributed by atoms with Gasteiger partial charge in [0.05, 0.1) is 12.2 Å². The smallest absolute Gasteiger partial charge is 0.315 e. The first kappa shape index (κ1) is 18.3. The number of aliphatic hydroxyl groups excluding tert-OH is 1. The predicted octanol–water partition coefficient (Wildman–Crippen LogP) is 2.68. The first-order valence-electron chi connectivity index (χ1n) is 7.64. The van der Waals surface area contributed by atoms with Gasteiger partial charge in [-0.15, -0.1) is 0 Å². The normalized spacial score (nSPS) is 12.9. The molecule has 1 rings (SSSR count). The minimum atomic E-state index is -0.578. The molecular weight excluding hydrogens is 280 g/mol. The van der Waals surface area contributed by atoms with Crippen LogP contribution in [0, 0.1) is 5.41 Å². The van der Waals surface area contributed by atoms with Crippen molar-refractivity contribution in [2.75, 3.05) is 6.54 Å². The van der Waals surface area contributed by atoms with Crippen LogP contribution >= 0.6 is 0 Å². The molecule has 1 aromatic rings. The van der Waals surface area contributed by atoms with Crippen LogP contribution in [0.1, 0.15) is 40.2 Å². The van der Waals surface area contributed by atoms with Crippen LogP contribution in [-0.2, 0) is 6.54 Å². The number of nitrogens with one attached hydrogen (secondary N) is 2. The fourth-order valence-corrected chi connectivity index (χ4v) is 1.70. The molecule has 1 aromatic carbocycles. The molecule has 0 saturated heterocycles. The Morgan fingerprint density at radius 2 is 1.77 bits per heavy atom. The first-order chi connectivity index (χ1) is 10.2. The lowest BCUT2D eigenvalue weighted by atomic mass is 9.89. The van der Waals surface area contributed by atoms with Crippen molar-refractivity contribution in [2.45, 2.75) is 53.4 Å². The van der Waals surface area contributed by atoms with Crippen LogP contribution in [0.5, 0.6) is 5.75 Å². The van der Waals surface area contributed by atoms with Gasteiger partial charge in [0.2, 0.25) is 0 Å². The number of hydrogen-bond donors (Lipinski definition) is 3. The van der Waals surface area contributed by atoms with E-state index in [9.17, 15) is 9.90 Å². The maximum absolute atomic E-state index is 11.7. The summed E-state index contributed by atoms with van der Waals surface area (Å²) in [7, 11) is 0. The third-order valence-corrected chi connectivity index (χ3v) is 3.20. The van der Waals surface area contributed by atoms with E-state index in [0.29, 0.717) is 6.54 Å². The Kier molecular flexibility index (Phi) is 6.68. The number of urea groups is 1. The number of carbonyl (C=O) groups is 1. The Hall–Kier alpha value is -1.75. The minimum absolute atomic E-state index is 0.143. The van der Waals surface area contributed by atoms with E-state index in [1.165, 1.54) is 0 Å². The van der Waals surface area contributed by atoms with Crippen molar-refractivity contribution < 1.29 is 14.6 Å². The summed E-state index contributed by atoms with van der Waals surface area (Å²) in [6.07, 6.45) is -0.435. The number of benzene rings is 1. The van der Waals surface area contributed by atoms with Crippen LogP contribution in [0.15, 0.2) is 24.3 Å². The van der Waals surface area contributed by atoms with Crippen molar-refractivity contribution in [2.24, 2.45) is 5.41 Å². The maximum atomic E-state index is 11.7. The molecule has 0 radical (unpaired) electrons. The highest BCUT2D eigenvalue weighted by atomic mass is 16.5. The summed E-state index contributed by atoms with van der Waals surface area (Å²) >= 11 is 0. The third kappa shape index (κ3) is 6.80. The summed E-state index contributed by atoms with van der Waals surface area (Å²) in [5, 5.41) is 15.3. The maximum Gasteiger partial charge on any atom is 0.315 e. The summed E-state index contributed by atoms with van der Waals surface area (Å²) in [5.74, 6) is 0.816. The fourth-order valence-electron chi connectivity index (χ4n) is 1.70. The highest BCUT2D eigenvalue weighted by Gasteiger charge is 2.22. The van der Waals surface area contributed by atoms with Crippen molar-refractivity contribution in [1.82, 2.24) is 10.6 Å². The number of rotatable bonds is 6. The zero-order valence-corrected chi connectivity index (χ0v) is 14.1. The first-order valence-corrected chi connectivity index (χ1v) is 7.64. The Bertz CT molecular complexity index is 464. The van der Waals surface area contributed by atoms with Crippen LogP contribution in [0.4, 0.5) is 4.79 Å². The lowest BCUT2D eigenvalue weighted by molar-refractivity contribution is 0.0650. The molecular formula is C17H28N2O3. The molecule has 3 N–H and O–H groups in total. The van der Waals surface area contributed by atoms with Gasteiger partial charge in [0, 0.05) is 13.1 Å². The number of hydrogen-bond acceptors (Lipinski definition) is 3. The van der Waals surface area contributed by atoms with E-state index in [2.05, 4.69) is 10.6 Å². The zero-order chi connectivity index (χ0) is 16.8. The largest absolute Gasteiger partial charge is 0.491 e. The van der Waals surface area contributed by atoms with E-state index in [-0.39, 0.29) is 24.1 Å². The second-order valence-electron chi connectivity index (χ2n) is 6.76. The van der Waals surface area contributed by atoms with Gasteiger partial charge in [-0.1, -0.05) is 32.9 Å². The molecule has 0 heterocycles. The number of amides is 2. The molecule has 124 valence electrons. The molecule has 0 fully saturated rings. The van der Waals surface area contributed by atoms with Gasteiger partial charge in [-0.25, -0.2) is 4.79 Å². The summed E-state index contributed by atoms with van der Waals surface area (Å²) < 4.78 is 5.56. The lowest BCUT2D eigenvalue weighted by Crippen LogP contribution is -2.43. The van der Waals surface area contributed by atoms with Crippen LogP contribution in [0.3, 0.4) is 0 Å². The number of ether oxygens (including phenoxy) is 1. The second-order valence-corrected chi connectivity index (χ2v) is 6.76. The molecule has 0 saturated carbocycles. The summed E-state index contributed by atoms with van der Waals surface area (Å²) in [6.45, 7) is 10.4. The average molecular weight is 308 g/mol. The molecule has 0 aromatic heterocycles. The van der Waals surface area contributed by atoms with E-state index in [1.54, 1.807) is 0 Å². The van der Waals surface area contributed by atoms with Gasteiger partial charge in [0.15, 0.2) is 0 Å². The topological polar surface area (TPSA) is 70.6 Å². The van der Waals surface area contributed by atoms with Crippen molar-refractivity contribution in [3.8, 4) is 5.75 Å². The van der Waals surface area contributed by atoms with E-state index >= 15 is 0 Å². The zero-order valence-electron chi connectivity index (χ0n) is 14.1. The van der Waals surface area contributed by atoms with Gasteiger partial charge in [-0.2, -0.15) is 0 Å². The van der Waals surface area contributed by atoms with Gasteiger partial charge in [0.1, 0.15) is 5.75 Å². The van der Waals surface area contributed by atoms with Gasteiger partial charge >= 0.3 is 6.03 Å². The molecule has 1 atom stereocenters. The third-order valence-electron chi connectivity index (χ3n) is 3.20. The van der Waals surface area contributed by atoms with E-state index in [4.69, 9.17) is 4.74 Å². The molecule has 0 spiro atoms. The second kappa shape index (κ2) is 8.03. The molecule has 0 aliphatic rings. The molecule has 0 aliphatic carbocycles. The molecule has 5 nitrogen and oxygen atoms in total. The van der Waals surface area contributed by atoms with Crippen LogP contribution < -0.4 is 15.4 Å². The molecule has 1 unspecified atom stereocenters. The highest BCUT2D eigenvalue weighted by molar-refractivity contribution is 5.73. The number of carbonyl (C=O) groups excluding carboxylic acids is 1. The average Bonchev–Trinajstić information content (AvgIpc) is 2.42. The molecule has 22 heavy (non-hydrogen) atoms. The molecule has 0 bridgehead atoms. The summed E-state index contributed by atoms with van der Waals surface area (Å²) in [6, 6.07) is 7.33. The Balaban J connectivity index is 2.35. The fraction of sp³-hybridized carbons (Fsp3) is 0.588. The monoisotopic (exact) mass is 308 g/mol. The summed E-state index contributed by atoms with van der Waals surface area (Å²) in [5.41, 5.74) is 0.738. The summed E-state index contributed by atoms with van der Waals surface area (Å²) in [4.78, 5) is 11.7. The standard InChI is InChI=1S/C17H28N2O3/c1-12(2)22-14-8-6-13(7-9-14)10-18-16(21)19-11-15(20)17(3,4)5/h6-9,12,15,20H,10-11H2,1-5H3,(H2,18,19,21). The molecule has 5 heteroatoms. The van der Waals surface area contributed by atoms with E-state index in [0.717, 1.165) is 11.3 Å². The van der Waals surface area contributed by atoms with Gasteiger partial charge in [-0.3, -0.25) is 0 Å². The predicted molar refractivity (Wildman–Crippen MR) is 87.9 cm³/mol. The van der Waals surface area contributed by atoms with Gasteiger partial charge in [0.25, 0.3) is 0 Å². The lowest BCUT2D eigenvalue weighted by Gasteiger charge is -2.25. The van der Waals surface area contributed by atoms with Crippen LogP contribution in [-0.4, -0.2) is 29.9 Å². The Labute approximate surface area is 133 Å². The highest BCUT2D eigenvalue weighted by Crippen LogP contribution is 2.18. The van der Waals surface area contributed by atoms with Crippen LogP contribution in [0.25, 0.3) is 0 Å². The van der Waals surface area contributed by atoms with Crippen molar-refractivity contribution in [3.05, 3.63) is 29.8 Å². The minimum Gasteiger partial charge on any atom is -0.491 e. The molecule has 2 amide bonds. The number of aliphatic hydroxyl groups is 1.